The minimum Gasteiger partial charge on any atom is -0.497 e. The Kier molecular flexibility index (Phi) is 5.78. The normalized spacial score (nSPS) is 16.6. The standard InChI is InChI=1S/C20H21ClN2O3/c1-26-17-7-4-5-14(9-17)10-19(24)22-16-11-20(25)23(13-16)12-15-6-2-3-8-18(15)21/h2-9,16H,10-13H2,1H3,(H,22,24). The van der Waals surface area contributed by atoms with E-state index in [1.54, 1.807) is 12.0 Å². The largest absolute Gasteiger partial charge is 0.497 e. The molecule has 1 saturated heterocycles. The first-order valence-electron chi connectivity index (χ1n) is 8.48. The fourth-order valence-electron chi connectivity index (χ4n) is 3.10. The highest BCUT2D eigenvalue weighted by molar-refractivity contribution is 6.31. The molecule has 2 aromatic rings. The fraction of sp³-hybridized carbons (Fsp3) is 0.300. The van der Waals surface area contributed by atoms with Crippen molar-refractivity contribution in [3.63, 3.8) is 0 Å². The first-order valence-corrected chi connectivity index (χ1v) is 8.86. The van der Waals surface area contributed by atoms with Crippen molar-refractivity contribution in [3.8, 4) is 5.75 Å². The summed E-state index contributed by atoms with van der Waals surface area (Å²) in [6, 6.07) is 14.7. The second kappa shape index (κ2) is 8.23. The van der Waals surface area contributed by atoms with Gasteiger partial charge in [-0.3, -0.25) is 9.59 Å². The zero-order valence-electron chi connectivity index (χ0n) is 14.6. The molecular formula is C20H21ClN2O3. The highest BCUT2D eigenvalue weighted by Gasteiger charge is 2.30. The molecule has 1 unspecified atom stereocenters. The van der Waals surface area contributed by atoms with Crippen LogP contribution in [0.2, 0.25) is 5.02 Å². The number of rotatable bonds is 6. The summed E-state index contributed by atoms with van der Waals surface area (Å²) in [7, 11) is 1.59. The van der Waals surface area contributed by atoms with Gasteiger partial charge in [-0.1, -0.05) is 41.9 Å². The van der Waals surface area contributed by atoms with Crippen LogP contribution < -0.4 is 10.1 Å². The number of benzene rings is 2. The molecule has 3 rings (SSSR count). The van der Waals surface area contributed by atoms with Crippen molar-refractivity contribution in [3.05, 3.63) is 64.7 Å². The Bertz CT molecular complexity index is 809. The predicted molar refractivity (Wildman–Crippen MR) is 100 cm³/mol. The van der Waals surface area contributed by atoms with Crippen LogP contribution in [0.5, 0.6) is 5.75 Å². The van der Waals surface area contributed by atoms with Crippen molar-refractivity contribution < 1.29 is 14.3 Å². The minimum atomic E-state index is -0.178. The van der Waals surface area contributed by atoms with E-state index in [2.05, 4.69) is 5.32 Å². The van der Waals surface area contributed by atoms with Crippen molar-refractivity contribution >= 4 is 23.4 Å². The molecule has 136 valence electrons. The van der Waals surface area contributed by atoms with Crippen LogP contribution in [0.25, 0.3) is 0 Å². The van der Waals surface area contributed by atoms with Crippen molar-refractivity contribution in [1.82, 2.24) is 10.2 Å². The number of methoxy groups -OCH3 is 1. The van der Waals surface area contributed by atoms with Crippen LogP contribution in [0.3, 0.4) is 0 Å². The number of hydrogen-bond acceptors (Lipinski definition) is 3. The van der Waals surface area contributed by atoms with Crippen LogP contribution in [-0.2, 0) is 22.6 Å². The molecule has 0 aliphatic carbocycles. The Labute approximate surface area is 157 Å². The SMILES string of the molecule is COc1cccc(CC(=O)NC2CC(=O)N(Cc3ccccc3Cl)C2)c1. The van der Waals surface area contributed by atoms with Gasteiger partial charge in [0.25, 0.3) is 0 Å². The summed E-state index contributed by atoms with van der Waals surface area (Å²) in [5.74, 6) is 0.643. The van der Waals surface area contributed by atoms with Gasteiger partial charge in [0.1, 0.15) is 5.75 Å². The van der Waals surface area contributed by atoms with Crippen molar-refractivity contribution in [2.45, 2.75) is 25.4 Å². The molecule has 1 fully saturated rings. The molecule has 5 nitrogen and oxygen atoms in total. The fourth-order valence-corrected chi connectivity index (χ4v) is 3.30. The topological polar surface area (TPSA) is 58.6 Å². The van der Waals surface area contributed by atoms with Gasteiger partial charge in [0.05, 0.1) is 19.6 Å². The Hall–Kier alpha value is -2.53. The summed E-state index contributed by atoms with van der Waals surface area (Å²) in [6.07, 6.45) is 0.570. The minimum absolute atomic E-state index is 0.0246. The van der Waals surface area contributed by atoms with E-state index in [1.165, 1.54) is 0 Å². The van der Waals surface area contributed by atoms with E-state index in [1.807, 2.05) is 48.5 Å². The summed E-state index contributed by atoms with van der Waals surface area (Å²) in [5, 5.41) is 3.59. The van der Waals surface area contributed by atoms with Gasteiger partial charge in [-0.2, -0.15) is 0 Å². The Balaban J connectivity index is 1.55. The smallest absolute Gasteiger partial charge is 0.225 e. The Morgan fingerprint density at radius 1 is 1.27 bits per heavy atom. The van der Waals surface area contributed by atoms with Gasteiger partial charge < -0.3 is 15.0 Å². The van der Waals surface area contributed by atoms with E-state index < -0.39 is 0 Å². The highest BCUT2D eigenvalue weighted by atomic mass is 35.5. The zero-order chi connectivity index (χ0) is 18.5. The van der Waals surface area contributed by atoms with Gasteiger partial charge in [-0.05, 0) is 29.3 Å². The number of likely N-dealkylation sites (tertiary alicyclic amines) is 1. The number of halogens is 1. The van der Waals surface area contributed by atoms with Crippen molar-refractivity contribution in [1.29, 1.82) is 0 Å². The molecule has 2 amide bonds. The summed E-state index contributed by atoms with van der Waals surface area (Å²) < 4.78 is 5.17. The molecule has 1 N–H and O–H groups in total. The summed E-state index contributed by atoms with van der Waals surface area (Å²) in [5.41, 5.74) is 1.78. The van der Waals surface area contributed by atoms with Gasteiger partial charge in [-0.25, -0.2) is 0 Å². The van der Waals surface area contributed by atoms with E-state index >= 15 is 0 Å². The number of carbonyl (C=O) groups is 2. The summed E-state index contributed by atoms with van der Waals surface area (Å²) in [6.45, 7) is 0.953. The molecule has 0 saturated carbocycles. The number of carbonyl (C=O) groups excluding carboxylic acids is 2. The number of hydrogen-bond donors (Lipinski definition) is 1. The van der Waals surface area contributed by atoms with Crippen LogP contribution in [0.15, 0.2) is 48.5 Å². The number of nitrogens with zero attached hydrogens (tertiary/aromatic N) is 1. The van der Waals surface area contributed by atoms with Gasteiger partial charge in [-0.15, -0.1) is 0 Å². The third-order valence-corrected chi connectivity index (χ3v) is 4.77. The van der Waals surface area contributed by atoms with Crippen LogP contribution in [0.4, 0.5) is 0 Å². The van der Waals surface area contributed by atoms with Crippen LogP contribution in [0.1, 0.15) is 17.5 Å². The lowest BCUT2D eigenvalue weighted by molar-refractivity contribution is -0.128. The van der Waals surface area contributed by atoms with E-state index in [0.29, 0.717) is 24.5 Å². The van der Waals surface area contributed by atoms with Gasteiger partial charge in [0.2, 0.25) is 11.8 Å². The number of amides is 2. The Morgan fingerprint density at radius 2 is 2.08 bits per heavy atom. The molecule has 6 heteroatoms. The summed E-state index contributed by atoms with van der Waals surface area (Å²) in [4.78, 5) is 26.3. The summed E-state index contributed by atoms with van der Waals surface area (Å²) >= 11 is 6.17. The first-order chi connectivity index (χ1) is 12.5. The Morgan fingerprint density at radius 3 is 2.85 bits per heavy atom. The maximum atomic E-state index is 12.3. The molecule has 0 bridgehead atoms. The molecule has 26 heavy (non-hydrogen) atoms. The van der Waals surface area contributed by atoms with Crippen molar-refractivity contribution in [2.75, 3.05) is 13.7 Å². The lowest BCUT2D eigenvalue weighted by Gasteiger charge is -2.18. The van der Waals surface area contributed by atoms with E-state index in [9.17, 15) is 9.59 Å². The average Bonchev–Trinajstić information content (AvgIpc) is 2.96. The monoisotopic (exact) mass is 372 g/mol. The maximum absolute atomic E-state index is 12.3. The van der Waals surface area contributed by atoms with Crippen LogP contribution in [0, 0.1) is 0 Å². The molecular weight excluding hydrogens is 352 g/mol. The molecule has 1 heterocycles. The molecule has 2 aromatic carbocycles. The molecule has 0 radical (unpaired) electrons. The maximum Gasteiger partial charge on any atom is 0.225 e. The van der Waals surface area contributed by atoms with Crippen molar-refractivity contribution in [2.24, 2.45) is 0 Å². The quantitative estimate of drug-likeness (QED) is 0.848. The molecule has 1 aliphatic rings. The number of ether oxygens (including phenoxy) is 1. The lowest BCUT2D eigenvalue weighted by atomic mass is 10.1. The first kappa shape index (κ1) is 18.3. The number of nitrogens with one attached hydrogen (secondary N) is 1. The third kappa shape index (κ3) is 4.55. The lowest BCUT2D eigenvalue weighted by Crippen LogP contribution is -2.37. The second-order valence-electron chi connectivity index (χ2n) is 6.36. The van der Waals surface area contributed by atoms with Gasteiger partial charge in [0.15, 0.2) is 0 Å². The van der Waals surface area contributed by atoms with E-state index in [0.717, 1.165) is 16.9 Å². The second-order valence-corrected chi connectivity index (χ2v) is 6.77. The zero-order valence-corrected chi connectivity index (χ0v) is 15.3. The van der Waals surface area contributed by atoms with E-state index in [4.69, 9.17) is 16.3 Å². The van der Waals surface area contributed by atoms with Crippen LogP contribution in [-0.4, -0.2) is 36.4 Å². The van der Waals surface area contributed by atoms with Gasteiger partial charge >= 0.3 is 0 Å². The molecule has 0 spiro atoms. The predicted octanol–water partition coefficient (Wildman–Crippen LogP) is 2.81. The van der Waals surface area contributed by atoms with Gasteiger partial charge in [0, 0.05) is 24.5 Å². The highest BCUT2D eigenvalue weighted by Crippen LogP contribution is 2.21. The van der Waals surface area contributed by atoms with E-state index in [-0.39, 0.29) is 24.3 Å². The average molecular weight is 373 g/mol. The molecule has 0 aromatic heterocycles. The molecule has 1 atom stereocenters. The third-order valence-electron chi connectivity index (χ3n) is 4.40. The van der Waals surface area contributed by atoms with Crippen LogP contribution >= 0.6 is 11.6 Å². The molecule has 1 aliphatic heterocycles.